The van der Waals surface area contributed by atoms with E-state index in [0.29, 0.717) is 36.6 Å². The normalized spacial score (nSPS) is 19.0. The van der Waals surface area contributed by atoms with Crippen LogP contribution in [0.1, 0.15) is 38.6 Å². The third-order valence-corrected chi connectivity index (χ3v) is 6.33. The molecule has 1 aromatic carbocycles. The van der Waals surface area contributed by atoms with Crippen LogP contribution in [0.4, 0.5) is 4.79 Å². The second-order valence-electron chi connectivity index (χ2n) is 7.52. The van der Waals surface area contributed by atoms with E-state index in [2.05, 4.69) is 4.98 Å². The number of ether oxygens (including phenoxy) is 1. The number of carboxylic acids is 1. The Bertz CT molecular complexity index is 881. The van der Waals surface area contributed by atoms with E-state index < -0.39 is 11.6 Å². The van der Waals surface area contributed by atoms with Gasteiger partial charge in [-0.15, -0.1) is 23.1 Å². The number of hydrogen-bond donors (Lipinski definition) is 1. The average molecular weight is 421 g/mol. The monoisotopic (exact) mass is 420 g/mol. The maximum Gasteiger partial charge on any atom is 0.410 e. The zero-order valence-corrected chi connectivity index (χ0v) is 17.9. The minimum atomic E-state index is -0.940. The van der Waals surface area contributed by atoms with Gasteiger partial charge >= 0.3 is 12.1 Å². The average Bonchev–Trinajstić information content (AvgIpc) is 3.06. The number of thioether (sulfide) groups is 1. The van der Waals surface area contributed by atoms with E-state index in [0.717, 1.165) is 20.8 Å². The molecule has 3 rings (SSSR count). The standard InChI is InChI=1S/C20H24N2O4S2/c1-20(2,3)26-19(25)22-10-6-7-13(16(18(23)24)27-12-11-22)17-21-14-8-4-5-9-15(14)28-17/h4-5,8-9H,6-7,10-12H2,1-3H3,(H,23,24)/b16-13+. The lowest BCUT2D eigenvalue weighted by atomic mass is 10.1. The van der Waals surface area contributed by atoms with Gasteiger partial charge in [-0.3, -0.25) is 0 Å². The van der Waals surface area contributed by atoms with Crippen LogP contribution in [-0.2, 0) is 9.53 Å². The number of thiazole rings is 1. The lowest BCUT2D eigenvalue weighted by molar-refractivity contribution is -0.131. The summed E-state index contributed by atoms with van der Waals surface area (Å²) in [6.45, 7) is 6.49. The van der Waals surface area contributed by atoms with Crippen LogP contribution in [0.3, 0.4) is 0 Å². The van der Waals surface area contributed by atoms with Crippen LogP contribution < -0.4 is 0 Å². The number of amides is 1. The minimum absolute atomic E-state index is 0.324. The number of para-hydroxylation sites is 1. The van der Waals surface area contributed by atoms with Gasteiger partial charge < -0.3 is 14.7 Å². The molecule has 150 valence electrons. The molecule has 0 saturated carbocycles. The summed E-state index contributed by atoms with van der Waals surface area (Å²) in [5.41, 5.74) is 1.07. The molecule has 28 heavy (non-hydrogen) atoms. The molecule has 1 aliphatic rings. The fourth-order valence-corrected chi connectivity index (χ4v) is 5.04. The highest BCUT2D eigenvalue weighted by molar-refractivity contribution is 8.04. The third-order valence-electron chi connectivity index (χ3n) is 4.13. The topological polar surface area (TPSA) is 79.7 Å². The number of nitrogens with zero attached hydrogens (tertiary/aromatic N) is 2. The number of benzene rings is 1. The maximum absolute atomic E-state index is 12.4. The Balaban J connectivity index is 1.84. The Morgan fingerprint density at radius 2 is 1.96 bits per heavy atom. The molecular formula is C20H24N2O4S2. The van der Waals surface area contributed by atoms with Gasteiger partial charge in [-0.2, -0.15) is 0 Å². The lowest BCUT2D eigenvalue weighted by Crippen LogP contribution is -2.38. The largest absolute Gasteiger partial charge is 0.477 e. The van der Waals surface area contributed by atoms with E-state index in [-0.39, 0.29) is 6.09 Å². The molecule has 0 aliphatic carbocycles. The van der Waals surface area contributed by atoms with Gasteiger partial charge in [-0.05, 0) is 45.7 Å². The van der Waals surface area contributed by atoms with Crippen LogP contribution >= 0.6 is 23.1 Å². The predicted octanol–water partition coefficient (Wildman–Crippen LogP) is 4.86. The molecule has 2 aromatic rings. The van der Waals surface area contributed by atoms with Crippen LogP contribution in [0.5, 0.6) is 0 Å². The Kier molecular flexibility index (Phi) is 6.30. The zero-order chi connectivity index (χ0) is 20.3. The number of carbonyl (C=O) groups excluding carboxylic acids is 1. The van der Waals surface area contributed by atoms with Gasteiger partial charge in [0.25, 0.3) is 0 Å². The number of rotatable bonds is 2. The predicted molar refractivity (Wildman–Crippen MR) is 114 cm³/mol. The number of allylic oxidation sites excluding steroid dienone is 1. The summed E-state index contributed by atoms with van der Waals surface area (Å²) >= 11 is 2.78. The molecule has 0 unspecified atom stereocenters. The highest BCUT2D eigenvalue weighted by atomic mass is 32.2. The highest BCUT2D eigenvalue weighted by Gasteiger charge is 2.26. The van der Waals surface area contributed by atoms with Crippen molar-refractivity contribution >= 4 is 51.0 Å². The van der Waals surface area contributed by atoms with Crippen LogP contribution in [0, 0.1) is 0 Å². The molecule has 1 amide bonds. The molecule has 8 heteroatoms. The molecule has 1 N–H and O–H groups in total. The van der Waals surface area contributed by atoms with E-state index in [1.807, 2.05) is 45.0 Å². The fourth-order valence-electron chi connectivity index (χ4n) is 2.92. The molecule has 0 radical (unpaired) electrons. The summed E-state index contributed by atoms with van der Waals surface area (Å²) < 4.78 is 6.51. The van der Waals surface area contributed by atoms with Crippen LogP contribution in [0.25, 0.3) is 15.8 Å². The molecule has 0 fully saturated rings. The van der Waals surface area contributed by atoms with Crippen molar-refractivity contribution in [2.75, 3.05) is 18.8 Å². The second kappa shape index (κ2) is 8.53. The van der Waals surface area contributed by atoms with Crippen molar-refractivity contribution in [1.82, 2.24) is 9.88 Å². The van der Waals surface area contributed by atoms with Gasteiger partial charge in [-0.1, -0.05) is 12.1 Å². The van der Waals surface area contributed by atoms with Gasteiger partial charge in [0, 0.05) is 24.4 Å². The number of aliphatic carboxylic acids is 1. The first-order chi connectivity index (χ1) is 13.2. The number of fused-ring (bicyclic) bond motifs is 1. The number of carbonyl (C=O) groups is 2. The second-order valence-corrected chi connectivity index (χ2v) is 9.65. The zero-order valence-electron chi connectivity index (χ0n) is 16.2. The summed E-state index contributed by atoms with van der Waals surface area (Å²) in [4.78, 5) is 31.0. The van der Waals surface area contributed by atoms with E-state index in [4.69, 9.17) is 4.74 Å². The summed E-state index contributed by atoms with van der Waals surface area (Å²) in [5.74, 6) is -0.445. The van der Waals surface area contributed by atoms with Crippen molar-refractivity contribution in [2.45, 2.75) is 39.2 Å². The number of aromatic nitrogens is 1. The molecule has 0 spiro atoms. The van der Waals surface area contributed by atoms with Crippen molar-refractivity contribution in [3.8, 4) is 0 Å². The van der Waals surface area contributed by atoms with E-state index in [1.54, 1.807) is 4.90 Å². The molecule has 6 nitrogen and oxygen atoms in total. The summed E-state index contributed by atoms with van der Waals surface area (Å²) in [6.07, 6.45) is 0.851. The Labute approximate surface area is 172 Å². The van der Waals surface area contributed by atoms with Gasteiger partial charge in [-0.25, -0.2) is 14.6 Å². The molecule has 0 saturated heterocycles. The van der Waals surface area contributed by atoms with Crippen molar-refractivity contribution in [2.24, 2.45) is 0 Å². The van der Waals surface area contributed by atoms with E-state index in [9.17, 15) is 14.7 Å². The van der Waals surface area contributed by atoms with Crippen molar-refractivity contribution in [3.05, 3.63) is 34.2 Å². The highest BCUT2D eigenvalue weighted by Crippen LogP contribution is 2.36. The quantitative estimate of drug-likeness (QED) is 0.748. The third kappa shape index (κ3) is 5.05. The molecular weight excluding hydrogens is 396 g/mol. The van der Waals surface area contributed by atoms with Gasteiger partial charge in [0.05, 0.1) is 15.1 Å². The SMILES string of the molecule is CC(C)(C)OC(=O)N1CCC/C(c2nc3ccccc3s2)=C(/C(=O)O)SCC1. The lowest BCUT2D eigenvalue weighted by Gasteiger charge is -2.27. The van der Waals surface area contributed by atoms with E-state index >= 15 is 0 Å². The van der Waals surface area contributed by atoms with Crippen LogP contribution in [0.15, 0.2) is 29.2 Å². The van der Waals surface area contributed by atoms with Crippen molar-refractivity contribution in [1.29, 1.82) is 0 Å². The molecule has 0 atom stereocenters. The number of carboxylic acid groups (broad SMARTS) is 1. The van der Waals surface area contributed by atoms with E-state index in [1.165, 1.54) is 23.1 Å². The first-order valence-electron chi connectivity index (χ1n) is 9.18. The first kappa shape index (κ1) is 20.7. The van der Waals surface area contributed by atoms with Gasteiger partial charge in [0.2, 0.25) is 0 Å². The first-order valence-corrected chi connectivity index (χ1v) is 11.0. The summed E-state index contributed by atoms with van der Waals surface area (Å²) in [6, 6.07) is 7.80. The summed E-state index contributed by atoms with van der Waals surface area (Å²) in [5, 5.41) is 10.5. The fraction of sp³-hybridized carbons (Fsp3) is 0.450. The Morgan fingerprint density at radius 3 is 2.64 bits per heavy atom. The molecule has 2 heterocycles. The molecule has 1 aromatic heterocycles. The Morgan fingerprint density at radius 1 is 1.21 bits per heavy atom. The van der Waals surface area contributed by atoms with Crippen LogP contribution in [-0.4, -0.2) is 51.5 Å². The van der Waals surface area contributed by atoms with Gasteiger partial charge in [0.1, 0.15) is 10.6 Å². The number of hydrogen-bond acceptors (Lipinski definition) is 6. The molecule has 0 bridgehead atoms. The smallest absolute Gasteiger partial charge is 0.410 e. The minimum Gasteiger partial charge on any atom is -0.477 e. The molecule has 1 aliphatic heterocycles. The van der Waals surface area contributed by atoms with Crippen molar-refractivity contribution < 1.29 is 19.4 Å². The maximum atomic E-state index is 12.4. The van der Waals surface area contributed by atoms with Gasteiger partial charge in [0.15, 0.2) is 0 Å². The Hall–Kier alpha value is -2.06. The van der Waals surface area contributed by atoms with Crippen molar-refractivity contribution in [3.63, 3.8) is 0 Å². The van der Waals surface area contributed by atoms with Crippen LogP contribution in [0.2, 0.25) is 0 Å². The summed E-state index contributed by atoms with van der Waals surface area (Å²) in [7, 11) is 0.